The number of carbonyl (C=O) groups is 2. The highest BCUT2D eigenvalue weighted by Crippen LogP contribution is 2.04. The van der Waals surface area contributed by atoms with Crippen molar-refractivity contribution in [1.82, 2.24) is 10.6 Å². The molecule has 2 unspecified atom stereocenters. The number of aliphatic hydroxyl groups excluding tert-OH is 4. The van der Waals surface area contributed by atoms with Gasteiger partial charge in [-0.15, -0.1) is 0 Å². The minimum absolute atomic E-state index is 0.0174. The highest BCUT2D eigenvalue weighted by Gasteiger charge is 2.20. The van der Waals surface area contributed by atoms with E-state index in [1.165, 1.54) is 0 Å². The van der Waals surface area contributed by atoms with Crippen LogP contribution in [0.1, 0.15) is 38.5 Å². The molecule has 0 aliphatic heterocycles. The summed E-state index contributed by atoms with van der Waals surface area (Å²) in [6.07, 6.45) is 2.23. The highest BCUT2D eigenvalue weighted by atomic mass is 16.3. The number of quaternary nitrogens is 2. The summed E-state index contributed by atoms with van der Waals surface area (Å²) in [6, 6.07) is 0. The molecule has 0 aliphatic carbocycles. The van der Waals surface area contributed by atoms with Gasteiger partial charge in [-0.2, -0.15) is 0 Å². The number of likely N-dealkylation sites (N-methyl/N-ethyl adjacent to an activating group) is 2. The molecule has 0 aromatic heterocycles. The summed E-state index contributed by atoms with van der Waals surface area (Å²) in [5, 5.41) is 42.7. The third-order valence-corrected chi connectivity index (χ3v) is 5.41. The average Bonchev–Trinajstić information content (AvgIpc) is 2.71. The molecule has 0 aliphatic rings. The van der Waals surface area contributed by atoms with E-state index in [2.05, 4.69) is 10.6 Å². The van der Waals surface area contributed by atoms with Crippen LogP contribution in [0.4, 0.5) is 0 Å². The fourth-order valence-electron chi connectivity index (χ4n) is 3.66. The summed E-state index contributed by atoms with van der Waals surface area (Å²) in [5.41, 5.74) is 0. The average molecular weight is 465 g/mol. The van der Waals surface area contributed by atoms with Gasteiger partial charge in [-0.05, 0) is 12.8 Å². The molecule has 0 rings (SSSR count). The van der Waals surface area contributed by atoms with Crippen LogP contribution in [-0.2, 0) is 9.59 Å². The van der Waals surface area contributed by atoms with E-state index in [0.717, 1.165) is 25.9 Å². The molecule has 0 aromatic rings. The number of carbonyl (C=O) groups excluding carboxylic acids is 2. The van der Waals surface area contributed by atoms with Crippen LogP contribution in [0.15, 0.2) is 0 Å². The predicted molar refractivity (Wildman–Crippen MR) is 124 cm³/mol. The van der Waals surface area contributed by atoms with Gasteiger partial charge in [0, 0.05) is 38.8 Å². The van der Waals surface area contributed by atoms with Crippen LogP contribution in [-0.4, -0.2) is 134 Å². The first-order chi connectivity index (χ1) is 14.9. The molecule has 0 aromatic carbocycles. The van der Waals surface area contributed by atoms with Crippen molar-refractivity contribution in [1.29, 1.82) is 0 Å². The Kier molecular flexibility index (Phi) is 15.7. The van der Waals surface area contributed by atoms with E-state index in [9.17, 15) is 19.8 Å². The van der Waals surface area contributed by atoms with Crippen molar-refractivity contribution in [2.75, 3.05) is 80.7 Å². The molecule has 0 saturated carbocycles. The quantitative estimate of drug-likeness (QED) is 0.101. The molecule has 0 radical (unpaired) electrons. The van der Waals surface area contributed by atoms with E-state index in [0.29, 0.717) is 60.8 Å². The maximum atomic E-state index is 11.9. The third kappa shape index (κ3) is 17.3. The number of nitrogens with zero attached hydrogens (tertiary/aromatic N) is 2. The van der Waals surface area contributed by atoms with Crippen LogP contribution < -0.4 is 10.6 Å². The summed E-state index contributed by atoms with van der Waals surface area (Å²) < 4.78 is 1.15. The Bertz CT molecular complexity index is 485. The molecule has 0 bridgehead atoms. The molecule has 0 spiro atoms. The van der Waals surface area contributed by atoms with Crippen molar-refractivity contribution in [2.24, 2.45) is 0 Å². The Hall–Kier alpha value is -1.30. The number of nitrogens with one attached hydrogen (secondary N) is 2. The lowest BCUT2D eigenvalue weighted by Crippen LogP contribution is -2.47. The summed E-state index contributed by atoms with van der Waals surface area (Å²) >= 11 is 0. The zero-order chi connectivity index (χ0) is 24.6. The monoisotopic (exact) mass is 464 g/mol. The summed E-state index contributed by atoms with van der Waals surface area (Å²) in [6.45, 7) is 3.16. The number of aliphatic hydroxyl groups is 4. The second-order valence-electron chi connectivity index (χ2n) is 9.97. The fraction of sp³-hybridized carbons (Fsp3) is 0.909. The minimum atomic E-state index is -0.728. The minimum Gasteiger partial charge on any atom is -0.393 e. The fourth-order valence-corrected chi connectivity index (χ4v) is 3.66. The van der Waals surface area contributed by atoms with Gasteiger partial charge in [0.25, 0.3) is 0 Å². The largest absolute Gasteiger partial charge is 0.393 e. The van der Waals surface area contributed by atoms with Gasteiger partial charge in [0.1, 0.15) is 25.3 Å². The maximum Gasteiger partial charge on any atom is 0.219 e. The normalized spacial score (nSPS) is 14.1. The topological polar surface area (TPSA) is 139 Å². The third-order valence-electron chi connectivity index (χ3n) is 5.41. The van der Waals surface area contributed by atoms with E-state index >= 15 is 0 Å². The van der Waals surface area contributed by atoms with Gasteiger partial charge in [-0.3, -0.25) is 9.59 Å². The molecule has 0 saturated heterocycles. The van der Waals surface area contributed by atoms with Crippen LogP contribution in [0.25, 0.3) is 0 Å². The SMILES string of the molecule is C[N+](C)(CCCNC(=O)CCCCC(=O)NCCC[N+](C)(C)CC(O)CO)CC(O)CO. The summed E-state index contributed by atoms with van der Waals surface area (Å²) in [5.74, 6) is -0.0349. The number of rotatable bonds is 19. The number of unbranched alkanes of at least 4 members (excludes halogenated alkanes) is 1. The van der Waals surface area contributed by atoms with Crippen LogP contribution in [0.5, 0.6) is 0 Å². The first-order valence-corrected chi connectivity index (χ1v) is 11.7. The predicted octanol–water partition coefficient (Wildman–Crippen LogP) is -1.58. The summed E-state index contributed by atoms with van der Waals surface area (Å²) in [4.78, 5) is 23.8. The molecule has 32 heavy (non-hydrogen) atoms. The van der Waals surface area contributed by atoms with Crippen LogP contribution in [0, 0.1) is 0 Å². The molecular formula is C22H48N4O6+2. The van der Waals surface area contributed by atoms with Crippen molar-refractivity contribution in [3.05, 3.63) is 0 Å². The molecule has 2 atom stereocenters. The van der Waals surface area contributed by atoms with Gasteiger partial charge in [0.2, 0.25) is 11.8 Å². The van der Waals surface area contributed by atoms with Gasteiger partial charge in [0.15, 0.2) is 0 Å². The van der Waals surface area contributed by atoms with E-state index in [1.807, 2.05) is 28.2 Å². The van der Waals surface area contributed by atoms with Crippen LogP contribution >= 0.6 is 0 Å². The van der Waals surface area contributed by atoms with Crippen molar-refractivity contribution in [2.45, 2.75) is 50.7 Å². The molecular weight excluding hydrogens is 416 g/mol. The first-order valence-electron chi connectivity index (χ1n) is 11.7. The van der Waals surface area contributed by atoms with Gasteiger partial charge < -0.3 is 40.0 Å². The van der Waals surface area contributed by atoms with E-state index in [1.54, 1.807) is 0 Å². The van der Waals surface area contributed by atoms with Crippen molar-refractivity contribution in [3.8, 4) is 0 Å². The Morgan fingerprint density at radius 1 is 0.688 bits per heavy atom. The van der Waals surface area contributed by atoms with Gasteiger partial charge >= 0.3 is 0 Å². The zero-order valence-corrected chi connectivity index (χ0v) is 20.6. The lowest BCUT2D eigenvalue weighted by atomic mass is 10.1. The van der Waals surface area contributed by atoms with E-state index < -0.39 is 12.2 Å². The Labute approximate surface area is 193 Å². The zero-order valence-electron chi connectivity index (χ0n) is 20.6. The summed E-state index contributed by atoms with van der Waals surface area (Å²) in [7, 11) is 7.92. The second-order valence-corrected chi connectivity index (χ2v) is 9.97. The van der Waals surface area contributed by atoms with Crippen molar-refractivity contribution >= 4 is 11.8 Å². The number of hydrogen-bond acceptors (Lipinski definition) is 6. The van der Waals surface area contributed by atoms with Crippen molar-refractivity contribution < 1.29 is 39.0 Å². The van der Waals surface area contributed by atoms with Gasteiger partial charge in [-0.25, -0.2) is 0 Å². The van der Waals surface area contributed by atoms with Gasteiger partial charge in [-0.1, -0.05) is 0 Å². The maximum absolute atomic E-state index is 11.9. The highest BCUT2D eigenvalue weighted by molar-refractivity contribution is 5.77. The van der Waals surface area contributed by atoms with Crippen LogP contribution in [0.2, 0.25) is 0 Å². The lowest BCUT2D eigenvalue weighted by molar-refractivity contribution is -0.893. The molecule has 6 N–H and O–H groups in total. The van der Waals surface area contributed by atoms with E-state index in [4.69, 9.17) is 10.2 Å². The smallest absolute Gasteiger partial charge is 0.219 e. The lowest BCUT2D eigenvalue weighted by Gasteiger charge is -2.31. The Morgan fingerprint density at radius 3 is 1.34 bits per heavy atom. The van der Waals surface area contributed by atoms with E-state index in [-0.39, 0.29) is 25.0 Å². The number of amides is 2. The Morgan fingerprint density at radius 2 is 1.03 bits per heavy atom. The Balaban J connectivity index is 3.75. The standard InChI is InChI=1S/C22H46N4O6/c1-25(2,15-19(29)17-27)13-7-11-23-21(31)9-5-6-10-22(32)24-12-8-14-26(3,4)16-20(30)18-28/h19-20,27-30H,5-18H2,1-4H3/p+2. The molecule has 10 heteroatoms. The molecule has 190 valence electrons. The second kappa shape index (κ2) is 16.3. The first kappa shape index (κ1) is 30.7. The number of hydrogen-bond donors (Lipinski definition) is 6. The molecule has 0 heterocycles. The van der Waals surface area contributed by atoms with Crippen LogP contribution in [0.3, 0.4) is 0 Å². The molecule has 10 nitrogen and oxygen atoms in total. The molecule has 0 fully saturated rings. The van der Waals surface area contributed by atoms with Crippen molar-refractivity contribution in [3.63, 3.8) is 0 Å². The molecule has 2 amide bonds. The van der Waals surface area contributed by atoms with Gasteiger partial charge in [0.05, 0.1) is 54.5 Å².